The molecule has 0 fully saturated rings. The summed E-state index contributed by atoms with van der Waals surface area (Å²) < 4.78 is 25.9. The first-order valence-corrected chi connectivity index (χ1v) is 16.2. The summed E-state index contributed by atoms with van der Waals surface area (Å²) in [5, 5.41) is 0. The molecule has 5 nitrogen and oxygen atoms in total. The molecule has 2 aliphatic rings. The van der Waals surface area contributed by atoms with E-state index in [1.54, 1.807) is 6.07 Å². The maximum absolute atomic E-state index is 12.1. The van der Waals surface area contributed by atoms with Gasteiger partial charge in [0.1, 0.15) is 12.3 Å². The van der Waals surface area contributed by atoms with Crippen molar-refractivity contribution in [1.82, 2.24) is 0 Å². The Kier molecular flexibility index (Phi) is 9.52. The van der Waals surface area contributed by atoms with Crippen molar-refractivity contribution in [2.24, 2.45) is 5.92 Å². The van der Waals surface area contributed by atoms with E-state index >= 15 is 0 Å². The predicted octanol–water partition coefficient (Wildman–Crippen LogP) is 7.63. The average molecular weight is 593 g/mol. The molecule has 2 aromatic rings. The van der Waals surface area contributed by atoms with E-state index in [0.29, 0.717) is 17.1 Å². The number of likely N-dealkylation sites (N-methyl/N-ethyl adjacent to an activating group) is 1. The minimum absolute atomic E-state index is 0.0856. The Hall–Kier alpha value is -2.48. The fourth-order valence-corrected chi connectivity index (χ4v) is 6.87. The standard InChI is InChI=1S/C34H44N2O3S2/c1-8-35-28-18-16-24(40)21-26(28)33(4,5)31(35)14-12-15-32-34(6,7)27-22-25(41(38)39)17-19-29(27)36(32)20-11-9-10-13-30(37)23(2)3/h12,14-19,21-23H,8-11,13,20H2,1-7H3,(H-,38,39,40). The van der Waals surface area contributed by atoms with Gasteiger partial charge in [-0.2, -0.15) is 4.58 Å². The van der Waals surface area contributed by atoms with Gasteiger partial charge >= 0.3 is 0 Å². The van der Waals surface area contributed by atoms with E-state index in [2.05, 4.69) is 87.1 Å². The van der Waals surface area contributed by atoms with Crippen LogP contribution in [0.25, 0.3) is 0 Å². The van der Waals surface area contributed by atoms with Crippen LogP contribution in [-0.4, -0.2) is 37.9 Å². The second-order valence-corrected chi connectivity index (χ2v) is 13.9. The highest BCUT2D eigenvalue weighted by Gasteiger charge is 2.44. The van der Waals surface area contributed by atoms with Crippen molar-refractivity contribution in [3.05, 3.63) is 71.5 Å². The number of hydrogen-bond donors (Lipinski definition) is 1. The van der Waals surface area contributed by atoms with E-state index in [4.69, 9.17) is 0 Å². The fourth-order valence-electron chi connectivity index (χ4n) is 6.27. The minimum atomic E-state index is -2.28. The number of nitrogens with zero attached hydrogens (tertiary/aromatic N) is 2. The Balaban J connectivity index is 1.67. The number of carbonyl (C=O) groups excluding carboxylic acids is 1. The van der Waals surface area contributed by atoms with E-state index < -0.39 is 11.1 Å². The molecule has 0 saturated heterocycles. The van der Waals surface area contributed by atoms with Gasteiger partial charge in [0.2, 0.25) is 5.69 Å². The molecule has 2 aliphatic heterocycles. The zero-order chi connectivity index (χ0) is 30.1. The van der Waals surface area contributed by atoms with Gasteiger partial charge in [-0.25, -0.2) is 0 Å². The van der Waals surface area contributed by atoms with Gasteiger partial charge in [0.15, 0.2) is 5.71 Å². The number of anilines is 1. The van der Waals surface area contributed by atoms with Gasteiger partial charge in [-0.15, -0.1) is 12.6 Å². The number of rotatable bonds is 11. The topological polar surface area (TPSA) is 63.5 Å². The van der Waals surface area contributed by atoms with E-state index in [9.17, 15) is 13.6 Å². The van der Waals surface area contributed by atoms with E-state index in [0.717, 1.165) is 54.2 Å². The summed E-state index contributed by atoms with van der Waals surface area (Å²) in [6.45, 7) is 16.6. The summed E-state index contributed by atoms with van der Waals surface area (Å²) in [6.07, 6.45) is 10.0. The minimum Gasteiger partial charge on any atom is -0.768 e. The van der Waals surface area contributed by atoms with E-state index in [-0.39, 0.29) is 16.7 Å². The molecule has 7 heteroatoms. The Morgan fingerprint density at radius 3 is 2.44 bits per heavy atom. The molecule has 0 saturated carbocycles. The second-order valence-electron chi connectivity index (χ2n) is 12.5. The number of hydrogen-bond acceptors (Lipinski definition) is 5. The van der Waals surface area contributed by atoms with Crippen LogP contribution in [0.4, 0.5) is 11.4 Å². The number of Topliss-reactive ketones (excluding diaryl/α,β-unsaturated/α-hetero) is 1. The van der Waals surface area contributed by atoms with E-state index in [1.807, 2.05) is 32.0 Å². The van der Waals surface area contributed by atoms with Gasteiger partial charge in [0, 0.05) is 69.6 Å². The summed E-state index contributed by atoms with van der Waals surface area (Å²) in [6, 6.07) is 11.8. The molecule has 220 valence electrons. The number of unbranched alkanes of at least 4 members (excludes halogenated alkanes) is 2. The van der Waals surface area contributed by atoms with Gasteiger partial charge in [0.25, 0.3) is 0 Å². The first-order valence-electron chi connectivity index (χ1n) is 14.7. The lowest BCUT2D eigenvalue weighted by molar-refractivity contribution is -0.438. The van der Waals surface area contributed by atoms with Gasteiger partial charge in [0.05, 0.1) is 5.41 Å². The molecule has 0 bridgehead atoms. The second kappa shape index (κ2) is 12.4. The molecule has 4 rings (SSSR count). The zero-order valence-corrected chi connectivity index (χ0v) is 27.2. The van der Waals surface area contributed by atoms with E-state index in [1.165, 1.54) is 16.9 Å². The lowest BCUT2D eigenvalue weighted by atomic mass is 9.81. The molecule has 0 aromatic heterocycles. The molecule has 0 amide bonds. The average Bonchev–Trinajstić information content (AvgIpc) is 3.26. The van der Waals surface area contributed by atoms with Crippen LogP contribution in [0, 0.1) is 5.92 Å². The highest BCUT2D eigenvalue weighted by molar-refractivity contribution is 7.80. The first kappa shape index (κ1) is 31.5. The van der Waals surface area contributed by atoms with Crippen molar-refractivity contribution in [3.8, 4) is 0 Å². The number of thiol groups is 1. The molecule has 0 radical (unpaired) electrons. The number of fused-ring (bicyclic) bond motifs is 2. The third kappa shape index (κ3) is 6.18. The van der Waals surface area contributed by atoms with Crippen LogP contribution in [0.3, 0.4) is 0 Å². The Morgan fingerprint density at radius 2 is 1.78 bits per heavy atom. The van der Waals surface area contributed by atoms with Crippen LogP contribution < -0.4 is 4.90 Å². The molecular weight excluding hydrogens is 549 g/mol. The lowest BCUT2D eigenvalue weighted by Gasteiger charge is -2.25. The number of benzene rings is 2. The van der Waals surface area contributed by atoms with Crippen molar-refractivity contribution in [2.75, 3.05) is 18.0 Å². The number of allylic oxidation sites excluding steroid dienone is 4. The zero-order valence-electron chi connectivity index (χ0n) is 25.5. The first-order chi connectivity index (χ1) is 19.3. The lowest BCUT2D eigenvalue weighted by Crippen LogP contribution is -2.28. The van der Waals surface area contributed by atoms with Gasteiger partial charge in [-0.3, -0.25) is 9.00 Å². The number of carbonyl (C=O) groups is 1. The van der Waals surface area contributed by atoms with Crippen LogP contribution in [0.2, 0.25) is 0 Å². The van der Waals surface area contributed by atoms with Crippen LogP contribution in [0.1, 0.15) is 85.3 Å². The largest absolute Gasteiger partial charge is 0.768 e. The normalized spacial score (nSPS) is 19.0. The highest BCUT2D eigenvalue weighted by Crippen LogP contribution is 2.48. The van der Waals surface area contributed by atoms with Crippen LogP contribution in [0.5, 0.6) is 0 Å². The summed E-state index contributed by atoms with van der Waals surface area (Å²) in [4.78, 5) is 15.7. The molecule has 41 heavy (non-hydrogen) atoms. The Bertz CT molecular complexity index is 1450. The summed E-state index contributed by atoms with van der Waals surface area (Å²) >= 11 is 2.31. The van der Waals surface area contributed by atoms with Crippen LogP contribution in [-0.2, 0) is 26.7 Å². The van der Waals surface area contributed by atoms with Gasteiger partial charge in [-0.05, 0) is 86.7 Å². The quantitative estimate of drug-likeness (QED) is 0.126. The highest BCUT2D eigenvalue weighted by atomic mass is 32.2. The fraction of sp³-hybridized carbons (Fsp3) is 0.471. The molecule has 0 aliphatic carbocycles. The smallest absolute Gasteiger partial charge is 0.209 e. The summed E-state index contributed by atoms with van der Waals surface area (Å²) in [5.41, 5.74) is 6.44. The molecule has 2 heterocycles. The summed E-state index contributed by atoms with van der Waals surface area (Å²) in [5.74, 6) is 0.408. The van der Waals surface area contributed by atoms with Gasteiger partial charge in [-0.1, -0.05) is 33.8 Å². The van der Waals surface area contributed by atoms with Gasteiger partial charge < -0.3 is 9.45 Å². The Morgan fingerprint density at radius 1 is 1.05 bits per heavy atom. The van der Waals surface area contributed by atoms with Crippen LogP contribution >= 0.6 is 12.6 Å². The molecule has 0 N–H and O–H groups in total. The van der Waals surface area contributed by atoms with Crippen molar-refractivity contribution in [3.63, 3.8) is 0 Å². The third-order valence-corrected chi connectivity index (χ3v) is 9.62. The molecule has 0 spiro atoms. The summed E-state index contributed by atoms with van der Waals surface area (Å²) in [7, 11) is 0. The SMILES string of the molecule is CCN1/C(=C/C=C/C2=[N+](CCCCCC(=O)C(C)C)c3ccc(S(=O)[O-])cc3C2(C)C)C(C)(C)c2cc(S)ccc21. The molecule has 1 unspecified atom stereocenters. The number of ketones is 1. The van der Waals surface area contributed by atoms with Crippen molar-refractivity contribution >= 4 is 46.6 Å². The van der Waals surface area contributed by atoms with Crippen molar-refractivity contribution in [2.45, 2.75) is 94.8 Å². The maximum Gasteiger partial charge on any atom is 0.209 e. The molecule has 2 aromatic carbocycles. The van der Waals surface area contributed by atoms with Crippen molar-refractivity contribution in [1.29, 1.82) is 0 Å². The molecule has 1 atom stereocenters. The predicted molar refractivity (Wildman–Crippen MR) is 172 cm³/mol. The third-order valence-electron chi connectivity index (χ3n) is 8.70. The van der Waals surface area contributed by atoms with Crippen LogP contribution in [0.15, 0.2) is 70.1 Å². The maximum atomic E-state index is 12.1. The van der Waals surface area contributed by atoms with Crippen molar-refractivity contribution < 1.29 is 18.1 Å². The molecular formula is C34H44N2O3S2. The Labute approximate surface area is 254 Å². The monoisotopic (exact) mass is 592 g/mol.